The van der Waals surface area contributed by atoms with Crippen molar-refractivity contribution in [3.8, 4) is 0 Å². The molecule has 0 bridgehead atoms. The topological polar surface area (TPSA) is 43.5 Å². The van der Waals surface area contributed by atoms with Gasteiger partial charge >= 0.3 is 0 Å². The Balaban J connectivity index is 1.65. The molecule has 2 unspecified atom stereocenters. The van der Waals surface area contributed by atoms with Gasteiger partial charge < -0.3 is 18.9 Å². The van der Waals surface area contributed by atoms with Gasteiger partial charge in [0, 0.05) is 0 Å². The Morgan fingerprint density at radius 2 is 1.56 bits per heavy atom. The van der Waals surface area contributed by atoms with Gasteiger partial charge in [0.2, 0.25) is 0 Å². The van der Waals surface area contributed by atoms with Crippen molar-refractivity contribution in [3.05, 3.63) is 0 Å². The number of hydrogen-bond donors (Lipinski definition) is 0. The second-order valence-electron chi connectivity index (χ2n) is 6.84. The van der Waals surface area contributed by atoms with Crippen LogP contribution in [0.4, 0.5) is 0 Å². The van der Waals surface area contributed by atoms with Gasteiger partial charge in [0.15, 0.2) is 0 Å². The van der Waals surface area contributed by atoms with E-state index in [1.54, 1.807) is 0 Å². The van der Waals surface area contributed by atoms with Gasteiger partial charge in [-0.15, -0.1) is 0 Å². The van der Waals surface area contributed by atoms with E-state index in [4.69, 9.17) is 18.9 Å². The Hall–Kier alpha value is -0.160. The molecule has 0 aromatic carbocycles. The van der Waals surface area contributed by atoms with Crippen LogP contribution in [0.3, 0.4) is 0 Å². The van der Waals surface area contributed by atoms with Crippen LogP contribution < -0.4 is 0 Å². The van der Waals surface area contributed by atoms with Gasteiger partial charge in [-0.1, -0.05) is 13.8 Å². The third-order valence-corrected chi connectivity index (χ3v) is 3.17. The normalized spacial score (nSPS) is 27.3. The number of epoxide rings is 2. The van der Waals surface area contributed by atoms with Crippen LogP contribution in [-0.2, 0) is 18.9 Å². The summed E-state index contributed by atoms with van der Waals surface area (Å²) in [6, 6.07) is 0. The van der Waals surface area contributed by atoms with Gasteiger partial charge in [-0.3, -0.25) is 0 Å². The molecule has 0 aliphatic carbocycles. The molecule has 18 heavy (non-hydrogen) atoms. The molecule has 2 fully saturated rings. The molecule has 4 heteroatoms. The maximum Gasteiger partial charge on any atom is 0.104 e. The highest BCUT2D eigenvalue weighted by atomic mass is 16.6. The first kappa shape index (κ1) is 14.3. The first-order valence-electron chi connectivity index (χ1n) is 6.81. The van der Waals surface area contributed by atoms with Crippen molar-refractivity contribution >= 4 is 0 Å². The van der Waals surface area contributed by atoms with E-state index in [-0.39, 0.29) is 11.0 Å². The molecular weight excluding hydrogens is 232 g/mol. The molecule has 0 amide bonds. The quantitative estimate of drug-likeness (QED) is 0.593. The van der Waals surface area contributed by atoms with Crippen LogP contribution in [0.2, 0.25) is 0 Å². The third kappa shape index (κ3) is 5.65. The lowest BCUT2D eigenvalue weighted by atomic mass is 9.82. The highest BCUT2D eigenvalue weighted by Gasteiger charge is 2.33. The van der Waals surface area contributed by atoms with E-state index in [1.165, 1.54) is 0 Å². The van der Waals surface area contributed by atoms with Crippen LogP contribution in [0.25, 0.3) is 0 Å². The molecule has 0 aromatic heterocycles. The number of hydrogen-bond acceptors (Lipinski definition) is 4. The van der Waals surface area contributed by atoms with E-state index in [0.717, 1.165) is 32.8 Å². The molecule has 2 rings (SSSR count). The van der Waals surface area contributed by atoms with Gasteiger partial charge in [-0.25, -0.2) is 0 Å². The molecule has 0 N–H and O–H groups in total. The first-order valence-corrected chi connectivity index (χ1v) is 6.81. The maximum absolute atomic E-state index is 5.92. The SMILES string of the molecule is CC(C)(COCC1CO1)CC(C)(C)OCC1CO1. The molecule has 106 valence electrons. The molecule has 2 saturated heterocycles. The summed E-state index contributed by atoms with van der Waals surface area (Å²) in [6.45, 7) is 12.6. The van der Waals surface area contributed by atoms with Crippen molar-refractivity contribution in [1.82, 2.24) is 0 Å². The predicted molar refractivity (Wildman–Crippen MR) is 68.7 cm³/mol. The monoisotopic (exact) mass is 258 g/mol. The van der Waals surface area contributed by atoms with Crippen LogP contribution in [-0.4, -0.2) is 50.8 Å². The highest BCUT2D eigenvalue weighted by molar-refractivity contribution is 4.82. The Labute approximate surface area is 110 Å². The van der Waals surface area contributed by atoms with Gasteiger partial charge in [-0.05, 0) is 25.7 Å². The van der Waals surface area contributed by atoms with E-state index in [0.29, 0.717) is 18.8 Å². The predicted octanol–water partition coefficient (Wildman–Crippen LogP) is 2.01. The van der Waals surface area contributed by atoms with E-state index in [2.05, 4.69) is 27.7 Å². The fourth-order valence-electron chi connectivity index (χ4n) is 2.37. The lowest BCUT2D eigenvalue weighted by Crippen LogP contribution is -2.35. The standard InChI is InChI=1S/C14H26O4/c1-13(2,10-15-5-11-6-16-11)9-14(3,4)18-8-12-7-17-12/h11-12H,5-10H2,1-4H3. The van der Waals surface area contributed by atoms with E-state index < -0.39 is 0 Å². The second-order valence-corrected chi connectivity index (χ2v) is 6.84. The zero-order chi connectivity index (χ0) is 13.2. The Kier molecular flexibility index (Phi) is 4.32. The van der Waals surface area contributed by atoms with Gasteiger partial charge in [0.25, 0.3) is 0 Å². The second kappa shape index (κ2) is 5.45. The van der Waals surface area contributed by atoms with Gasteiger partial charge in [0.05, 0.1) is 38.6 Å². The summed E-state index contributed by atoms with van der Waals surface area (Å²) in [6.07, 6.45) is 1.64. The lowest BCUT2D eigenvalue weighted by molar-refractivity contribution is -0.0664. The average Bonchev–Trinajstić information content (AvgIpc) is 3.09. The highest BCUT2D eigenvalue weighted by Crippen LogP contribution is 2.31. The molecule has 2 heterocycles. The average molecular weight is 258 g/mol. The van der Waals surface area contributed by atoms with Gasteiger partial charge in [-0.2, -0.15) is 0 Å². The van der Waals surface area contributed by atoms with Crippen LogP contribution in [0.5, 0.6) is 0 Å². The summed E-state index contributed by atoms with van der Waals surface area (Å²) >= 11 is 0. The molecular formula is C14H26O4. The summed E-state index contributed by atoms with van der Waals surface area (Å²) in [7, 11) is 0. The van der Waals surface area contributed by atoms with Crippen molar-refractivity contribution in [1.29, 1.82) is 0 Å². The van der Waals surface area contributed by atoms with E-state index >= 15 is 0 Å². The lowest BCUT2D eigenvalue weighted by Gasteiger charge is -2.34. The fourth-order valence-corrected chi connectivity index (χ4v) is 2.37. The Bertz CT molecular complexity index is 267. The van der Waals surface area contributed by atoms with Crippen molar-refractivity contribution in [2.24, 2.45) is 5.41 Å². The van der Waals surface area contributed by atoms with Crippen LogP contribution in [0.15, 0.2) is 0 Å². The van der Waals surface area contributed by atoms with Crippen LogP contribution >= 0.6 is 0 Å². The zero-order valence-electron chi connectivity index (χ0n) is 12.0. The summed E-state index contributed by atoms with van der Waals surface area (Å²) < 4.78 is 21.9. The minimum Gasteiger partial charge on any atom is -0.378 e. The molecule has 2 aliphatic heterocycles. The number of ether oxygens (including phenoxy) is 4. The van der Waals surface area contributed by atoms with Crippen molar-refractivity contribution in [2.75, 3.05) is 33.0 Å². The minimum absolute atomic E-state index is 0.114. The van der Waals surface area contributed by atoms with Gasteiger partial charge in [0.1, 0.15) is 12.2 Å². The van der Waals surface area contributed by atoms with Crippen molar-refractivity contribution < 1.29 is 18.9 Å². The summed E-state index contributed by atoms with van der Waals surface area (Å²) in [4.78, 5) is 0. The van der Waals surface area contributed by atoms with Crippen LogP contribution in [0, 0.1) is 5.41 Å². The summed E-state index contributed by atoms with van der Waals surface area (Å²) in [5, 5.41) is 0. The smallest absolute Gasteiger partial charge is 0.104 e. The van der Waals surface area contributed by atoms with E-state index in [1.807, 2.05) is 0 Å². The summed E-state index contributed by atoms with van der Waals surface area (Å²) in [5.41, 5.74) is -0.0162. The molecule has 2 aliphatic rings. The molecule has 2 atom stereocenters. The molecule has 4 nitrogen and oxygen atoms in total. The molecule has 0 radical (unpaired) electrons. The first-order chi connectivity index (χ1) is 8.36. The Morgan fingerprint density at radius 1 is 1.00 bits per heavy atom. The molecule has 0 spiro atoms. The number of rotatable bonds is 9. The van der Waals surface area contributed by atoms with Crippen molar-refractivity contribution in [2.45, 2.75) is 51.9 Å². The van der Waals surface area contributed by atoms with Crippen molar-refractivity contribution in [3.63, 3.8) is 0 Å². The third-order valence-electron chi connectivity index (χ3n) is 3.17. The summed E-state index contributed by atoms with van der Waals surface area (Å²) in [5.74, 6) is 0. The zero-order valence-corrected chi connectivity index (χ0v) is 12.0. The molecule has 0 aromatic rings. The minimum atomic E-state index is -0.130. The van der Waals surface area contributed by atoms with Crippen LogP contribution in [0.1, 0.15) is 34.1 Å². The molecule has 0 saturated carbocycles. The Morgan fingerprint density at radius 3 is 2.11 bits per heavy atom. The largest absolute Gasteiger partial charge is 0.378 e. The fraction of sp³-hybridized carbons (Fsp3) is 1.00. The maximum atomic E-state index is 5.92. The van der Waals surface area contributed by atoms with E-state index in [9.17, 15) is 0 Å².